The first kappa shape index (κ1) is 13.4. The minimum atomic E-state index is -0.558. The first-order chi connectivity index (χ1) is 10.7. The van der Waals surface area contributed by atoms with Gasteiger partial charge in [-0.3, -0.25) is 4.79 Å². The molecule has 3 nitrogen and oxygen atoms in total. The molecule has 2 aliphatic heterocycles. The molecule has 2 aromatic carbocycles. The lowest BCUT2D eigenvalue weighted by Gasteiger charge is -2.39. The van der Waals surface area contributed by atoms with Gasteiger partial charge in [0, 0.05) is 30.5 Å². The van der Waals surface area contributed by atoms with Gasteiger partial charge in [-0.1, -0.05) is 43.3 Å². The summed E-state index contributed by atoms with van der Waals surface area (Å²) in [5, 5.41) is 0. The fourth-order valence-corrected chi connectivity index (χ4v) is 4.15. The normalized spacial score (nSPS) is 22.9. The third-order valence-electron chi connectivity index (χ3n) is 5.23. The van der Waals surface area contributed by atoms with Crippen LogP contribution in [0.15, 0.2) is 48.5 Å². The molecule has 0 radical (unpaired) electrons. The molecule has 1 atom stereocenters. The third-order valence-corrected chi connectivity index (χ3v) is 5.23. The van der Waals surface area contributed by atoms with Crippen molar-refractivity contribution in [2.45, 2.75) is 25.3 Å². The molecule has 0 fully saturated rings. The Morgan fingerprint density at radius 1 is 1.05 bits per heavy atom. The smallest absolute Gasteiger partial charge is 0.257 e. The summed E-state index contributed by atoms with van der Waals surface area (Å²) in [6, 6.07) is 16.7. The SMILES string of the molecule is CCC1(N2CCc3ccccc32)C(=O)N(C)c2ccccc21. The molecule has 0 saturated carbocycles. The molecule has 0 bridgehead atoms. The number of carbonyl (C=O) groups excluding carboxylic acids is 1. The quantitative estimate of drug-likeness (QED) is 0.847. The maximum Gasteiger partial charge on any atom is 0.257 e. The summed E-state index contributed by atoms with van der Waals surface area (Å²) in [4.78, 5) is 17.3. The minimum Gasteiger partial charge on any atom is -0.353 e. The van der Waals surface area contributed by atoms with Crippen LogP contribution in [0.2, 0.25) is 0 Å². The van der Waals surface area contributed by atoms with Gasteiger partial charge in [0.05, 0.1) is 0 Å². The monoisotopic (exact) mass is 292 g/mol. The van der Waals surface area contributed by atoms with E-state index in [1.807, 2.05) is 30.1 Å². The molecule has 112 valence electrons. The molecule has 2 heterocycles. The summed E-state index contributed by atoms with van der Waals surface area (Å²) in [5.74, 6) is 0.188. The zero-order valence-electron chi connectivity index (χ0n) is 13.0. The van der Waals surface area contributed by atoms with E-state index in [0.717, 1.165) is 30.6 Å². The van der Waals surface area contributed by atoms with Gasteiger partial charge in [-0.25, -0.2) is 0 Å². The van der Waals surface area contributed by atoms with E-state index >= 15 is 0 Å². The summed E-state index contributed by atoms with van der Waals surface area (Å²) in [6.07, 6.45) is 1.79. The van der Waals surface area contributed by atoms with Gasteiger partial charge in [0.2, 0.25) is 0 Å². The number of rotatable bonds is 2. The summed E-state index contributed by atoms with van der Waals surface area (Å²) in [7, 11) is 1.89. The number of nitrogens with zero attached hydrogens (tertiary/aromatic N) is 2. The topological polar surface area (TPSA) is 23.6 Å². The van der Waals surface area contributed by atoms with Crippen LogP contribution >= 0.6 is 0 Å². The maximum absolute atomic E-state index is 13.2. The van der Waals surface area contributed by atoms with Crippen molar-refractivity contribution in [2.75, 3.05) is 23.4 Å². The molecule has 22 heavy (non-hydrogen) atoms. The van der Waals surface area contributed by atoms with Gasteiger partial charge < -0.3 is 9.80 Å². The van der Waals surface area contributed by atoms with E-state index in [-0.39, 0.29) is 5.91 Å². The van der Waals surface area contributed by atoms with Crippen molar-refractivity contribution >= 4 is 17.3 Å². The average Bonchev–Trinajstić information content (AvgIpc) is 3.08. The minimum absolute atomic E-state index is 0.188. The highest BCUT2D eigenvalue weighted by Crippen LogP contribution is 2.49. The van der Waals surface area contributed by atoms with Gasteiger partial charge in [0.25, 0.3) is 5.91 Å². The van der Waals surface area contributed by atoms with Gasteiger partial charge in [-0.2, -0.15) is 0 Å². The van der Waals surface area contributed by atoms with Crippen LogP contribution in [0.1, 0.15) is 24.5 Å². The van der Waals surface area contributed by atoms with E-state index in [2.05, 4.69) is 42.2 Å². The van der Waals surface area contributed by atoms with Crippen LogP contribution in [0, 0.1) is 0 Å². The summed E-state index contributed by atoms with van der Waals surface area (Å²) < 4.78 is 0. The Kier molecular flexibility index (Phi) is 2.80. The molecule has 4 rings (SSSR count). The molecule has 0 spiro atoms. The van der Waals surface area contributed by atoms with E-state index in [4.69, 9.17) is 0 Å². The molecule has 1 amide bonds. The van der Waals surface area contributed by atoms with Gasteiger partial charge in [-0.05, 0) is 30.5 Å². The fraction of sp³-hybridized carbons (Fsp3) is 0.316. The molecule has 1 unspecified atom stereocenters. The Labute approximate surface area is 131 Å². The Bertz CT molecular complexity index is 755. The second kappa shape index (κ2) is 4.60. The molecule has 0 aliphatic carbocycles. The van der Waals surface area contributed by atoms with Gasteiger partial charge in [0.1, 0.15) is 5.54 Å². The molecule has 3 heteroatoms. The van der Waals surface area contributed by atoms with Crippen LogP contribution in [-0.4, -0.2) is 19.5 Å². The van der Waals surface area contributed by atoms with Crippen LogP contribution in [0.25, 0.3) is 0 Å². The van der Waals surface area contributed by atoms with E-state index in [9.17, 15) is 4.79 Å². The predicted octanol–water partition coefficient (Wildman–Crippen LogP) is 3.33. The Balaban J connectivity index is 1.94. The first-order valence-corrected chi connectivity index (χ1v) is 7.93. The van der Waals surface area contributed by atoms with Crippen molar-refractivity contribution < 1.29 is 4.79 Å². The number of fused-ring (bicyclic) bond motifs is 2. The predicted molar refractivity (Wildman–Crippen MR) is 89.3 cm³/mol. The zero-order valence-corrected chi connectivity index (χ0v) is 13.0. The van der Waals surface area contributed by atoms with Crippen LogP contribution in [0.5, 0.6) is 0 Å². The zero-order chi connectivity index (χ0) is 15.3. The molecule has 2 aliphatic rings. The third kappa shape index (κ3) is 1.48. The molecule has 2 aromatic rings. The number of hydrogen-bond acceptors (Lipinski definition) is 2. The van der Waals surface area contributed by atoms with Gasteiger partial charge in [0.15, 0.2) is 0 Å². The van der Waals surface area contributed by atoms with Crippen LogP contribution in [-0.2, 0) is 16.8 Å². The highest BCUT2D eigenvalue weighted by Gasteiger charge is 2.53. The second-order valence-corrected chi connectivity index (χ2v) is 6.13. The number of likely N-dealkylation sites (N-methyl/N-ethyl adjacent to an activating group) is 1. The van der Waals surface area contributed by atoms with E-state index in [1.165, 1.54) is 11.3 Å². The van der Waals surface area contributed by atoms with Crippen LogP contribution in [0.3, 0.4) is 0 Å². The van der Waals surface area contributed by atoms with Crippen LogP contribution < -0.4 is 9.80 Å². The lowest BCUT2D eigenvalue weighted by atomic mass is 9.86. The standard InChI is InChI=1S/C19H20N2O/c1-3-19(21-13-12-14-8-4-6-10-16(14)21)15-9-5-7-11-17(15)20(2)18(19)22/h4-11H,3,12-13H2,1-2H3. The second-order valence-electron chi connectivity index (χ2n) is 6.13. The van der Waals surface area contributed by atoms with E-state index in [0.29, 0.717) is 0 Å². The number of anilines is 2. The van der Waals surface area contributed by atoms with Crippen molar-refractivity contribution in [1.29, 1.82) is 0 Å². The number of amides is 1. The molecule has 0 aromatic heterocycles. The molecular weight excluding hydrogens is 272 g/mol. The number of carbonyl (C=O) groups is 1. The molecule has 0 N–H and O–H groups in total. The number of hydrogen-bond donors (Lipinski definition) is 0. The van der Waals surface area contributed by atoms with E-state index in [1.54, 1.807) is 0 Å². The van der Waals surface area contributed by atoms with Crippen molar-refractivity contribution in [1.82, 2.24) is 0 Å². The number of para-hydroxylation sites is 2. The largest absolute Gasteiger partial charge is 0.353 e. The average molecular weight is 292 g/mol. The highest BCUT2D eigenvalue weighted by atomic mass is 16.2. The summed E-state index contributed by atoms with van der Waals surface area (Å²) in [6.45, 7) is 3.02. The fourth-order valence-electron chi connectivity index (χ4n) is 4.15. The lowest BCUT2D eigenvalue weighted by Crippen LogP contribution is -2.52. The van der Waals surface area contributed by atoms with E-state index < -0.39 is 5.54 Å². The summed E-state index contributed by atoms with van der Waals surface area (Å²) >= 11 is 0. The van der Waals surface area contributed by atoms with Crippen molar-refractivity contribution in [3.05, 3.63) is 59.7 Å². The maximum atomic E-state index is 13.2. The van der Waals surface area contributed by atoms with Crippen molar-refractivity contribution in [3.8, 4) is 0 Å². The molecule has 0 saturated heterocycles. The van der Waals surface area contributed by atoms with Gasteiger partial charge >= 0.3 is 0 Å². The lowest BCUT2D eigenvalue weighted by molar-refractivity contribution is -0.123. The molecular formula is C19H20N2O. The van der Waals surface area contributed by atoms with Crippen molar-refractivity contribution in [2.24, 2.45) is 0 Å². The van der Waals surface area contributed by atoms with Gasteiger partial charge in [-0.15, -0.1) is 0 Å². The Morgan fingerprint density at radius 3 is 2.50 bits per heavy atom. The first-order valence-electron chi connectivity index (χ1n) is 7.93. The summed E-state index contributed by atoms with van der Waals surface area (Å²) in [5.41, 5.74) is 4.18. The van der Waals surface area contributed by atoms with Crippen molar-refractivity contribution in [3.63, 3.8) is 0 Å². The Morgan fingerprint density at radius 2 is 1.73 bits per heavy atom. The highest BCUT2D eigenvalue weighted by molar-refractivity contribution is 6.09. The van der Waals surface area contributed by atoms with Crippen LogP contribution in [0.4, 0.5) is 11.4 Å². The Hall–Kier alpha value is -2.29. The number of benzene rings is 2.